The van der Waals surface area contributed by atoms with Crippen LogP contribution in [0.1, 0.15) is 50.8 Å². The largest absolute Gasteiger partial charge is 0.324 e. The summed E-state index contributed by atoms with van der Waals surface area (Å²) in [7, 11) is 0. The number of aryl methyl sites for hydroxylation is 1. The van der Waals surface area contributed by atoms with Crippen molar-refractivity contribution in [1.29, 1.82) is 0 Å². The van der Waals surface area contributed by atoms with Crippen LogP contribution in [0.25, 0.3) is 0 Å². The molecular formula is C14H22N2. The Morgan fingerprint density at radius 3 is 2.94 bits per heavy atom. The Morgan fingerprint density at radius 2 is 2.31 bits per heavy atom. The maximum atomic E-state index is 6.62. The first kappa shape index (κ1) is 11.6. The van der Waals surface area contributed by atoms with E-state index in [1.165, 1.54) is 11.3 Å². The molecule has 1 aromatic heterocycles. The predicted molar refractivity (Wildman–Crippen MR) is 67.3 cm³/mol. The normalized spacial score (nSPS) is 23.2. The van der Waals surface area contributed by atoms with E-state index in [4.69, 9.17) is 5.73 Å². The zero-order chi connectivity index (χ0) is 11.8. The number of hydrogen-bond donors (Lipinski definition) is 1. The highest BCUT2D eigenvalue weighted by atomic mass is 14.8. The summed E-state index contributed by atoms with van der Waals surface area (Å²) in [6.07, 6.45) is 5.22. The van der Waals surface area contributed by atoms with Crippen molar-refractivity contribution in [2.45, 2.75) is 51.5 Å². The average molecular weight is 218 g/mol. The summed E-state index contributed by atoms with van der Waals surface area (Å²) in [6.45, 7) is 6.65. The summed E-state index contributed by atoms with van der Waals surface area (Å²) in [5, 5.41) is 0. The Bertz CT molecular complexity index is 373. The first-order valence-electron chi connectivity index (χ1n) is 6.32. The molecule has 0 saturated carbocycles. The summed E-state index contributed by atoms with van der Waals surface area (Å²) in [4.78, 5) is 4.56. The second kappa shape index (κ2) is 4.17. The molecule has 2 nitrogen and oxygen atoms in total. The van der Waals surface area contributed by atoms with Crippen molar-refractivity contribution in [3.8, 4) is 0 Å². The Balaban J connectivity index is 2.37. The van der Waals surface area contributed by atoms with Crippen LogP contribution in [0.2, 0.25) is 0 Å². The lowest BCUT2D eigenvalue weighted by molar-refractivity contribution is 0.239. The van der Waals surface area contributed by atoms with Gasteiger partial charge in [-0.05, 0) is 36.8 Å². The monoisotopic (exact) mass is 218 g/mol. The fourth-order valence-electron chi connectivity index (χ4n) is 2.99. The summed E-state index contributed by atoms with van der Waals surface area (Å²) in [5.41, 5.74) is 9.17. The van der Waals surface area contributed by atoms with E-state index < -0.39 is 0 Å². The van der Waals surface area contributed by atoms with Gasteiger partial charge in [0.2, 0.25) is 0 Å². The molecule has 1 aliphatic rings. The maximum absolute atomic E-state index is 6.62. The zero-order valence-corrected chi connectivity index (χ0v) is 10.5. The summed E-state index contributed by atoms with van der Waals surface area (Å²) >= 11 is 0. The molecule has 0 aliphatic heterocycles. The van der Waals surface area contributed by atoms with Crippen molar-refractivity contribution in [3.63, 3.8) is 0 Å². The number of fused-ring (bicyclic) bond motifs is 1. The van der Waals surface area contributed by atoms with Gasteiger partial charge in [-0.1, -0.05) is 26.8 Å². The molecule has 0 aromatic carbocycles. The molecule has 2 N–H and O–H groups in total. The minimum Gasteiger partial charge on any atom is -0.324 e. The minimum atomic E-state index is -0.0976. The van der Waals surface area contributed by atoms with Gasteiger partial charge in [-0.2, -0.15) is 0 Å². The van der Waals surface area contributed by atoms with E-state index in [0.717, 1.165) is 19.3 Å². The van der Waals surface area contributed by atoms with Gasteiger partial charge < -0.3 is 5.73 Å². The van der Waals surface area contributed by atoms with E-state index in [1.54, 1.807) is 0 Å². The van der Waals surface area contributed by atoms with Gasteiger partial charge in [0.15, 0.2) is 0 Å². The summed E-state index contributed by atoms with van der Waals surface area (Å²) in [5.74, 6) is 0.934. The average Bonchev–Trinajstić information content (AvgIpc) is 2.72. The van der Waals surface area contributed by atoms with E-state index in [0.29, 0.717) is 11.8 Å². The molecule has 1 heterocycles. The molecule has 0 fully saturated rings. The zero-order valence-electron chi connectivity index (χ0n) is 10.5. The van der Waals surface area contributed by atoms with Crippen molar-refractivity contribution in [1.82, 2.24) is 4.98 Å². The lowest BCUT2D eigenvalue weighted by Gasteiger charge is -2.38. The molecule has 0 radical (unpaired) electrons. The number of pyridine rings is 1. The van der Waals surface area contributed by atoms with Crippen molar-refractivity contribution in [2.24, 2.45) is 11.7 Å². The number of rotatable bonds is 3. The van der Waals surface area contributed by atoms with Crippen molar-refractivity contribution >= 4 is 0 Å². The van der Waals surface area contributed by atoms with E-state index >= 15 is 0 Å². The highest BCUT2D eigenvalue weighted by Crippen LogP contribution is 2.42. The van der Waals surface area contributed by atoms with Crippen molar-refractivity contribution < 1.29 is 0 Å². The second-order valence-electron chi connectivity index (χ2n) is 5.26. The van der Waals surface area contributed by atoms with Crippen LogP contribution in [0.15, 0.2) is 18.3 Å². The van der Waals surface area contributed by atoms with Crippen LogP contribution in [0.4, 0.5) is 0 Å². The van der Waals surface area contributed by atoms with Crippen LogP contribution in [-0.2, 0) is 6.42 Å². The fraction of sp³-hybridized carbons (Fsp3) is 0.643. The summed E-state index contributed by atoms with van der Waals surface area (Å²) < 4.78 is 0. The van der Waals surface area contributed by atoms with Gasteiger partial charge in [0.25, 0.3) is 0 Å². The fourth-order valence-corrected chi connectivity index (χ4v) is 2.99. The Morgan fingerprint density at radius 1 is 1.56 bits per heavy atom. The first-order valence-corrected chi connectivity index (χ1v) is 6.32. The topological polar surface area (TPSA) is 38.9 Å². The molecule has 88 valence electrons. The molecule has 16 heavy (non-hydrogen) atoms. The lowest BCUT2D eigenvalue weighted by atomic mass is 9.73. The van der Waals surface area contributed by atoms with Crippen molar-refractivity contribution in [2.75, 3.05) is 0 Å². The third-order valence-electron chi connectivity index (χ3n) is 4.29. The Labute approximate surface area is 98.3 Å². The summed E-state index contributed by atoms with van der Waals surface area (Å²) in [6, 6.07) is 4.22. The molecule has 2 heteroatoms. The van der Waals surface area contributed by atoms with Crippen molar-refractivity contribution in [3.05, 3.63) is 29.6 Å². The molecule has 0 saturated heterocycles. The highest BCUT2D eigenvalue weighted by Gasteiger charge is 2.41. The smallest absolute Gasteiger partial charge is 0.0484 e. The van der Waals surface area contributed by atoms with E-state index in [2.05, 4.69) is 31.8 Å². The molecule has 2 rings (SSSR count). The molecule has 0 spiro atoms. The van der Waals surface area contributed by atoms with Crippen LogP contribution < -0.4 is 5.73 Å². The maximum Gasteiger partial charge on any atom is 0.0484 e. The first-order chi connectivity index (χ1) is 7.59. The Kier molecular flexibility index (Phi) is 3.02. The van der Waals surface area contributed by atoms with Gasteiger partial charge in [0.05, 0.1) is 0 Å². The molecule has 2 unspecified atom stereocenters. The van der Waals surface area contributed by atoms with Crippen LogP contribution in [0.3, 0.4) is 0 Å². The van der Waals surface area contributed by atoms with Gasteiger partial charge in [-0.15, -0.1) is 0 Å². The van der Waals surface area contributed by atoms with E-state index in [-0.39, 0.29) is 5.54 Å². The highest BCUT2D eigenvalue weighted by molar-refractivity contribution is 5.32. The standard InChI is InChI=1S/C14H22N2/c1-4-14(15,10(2)3)12-8-7-11-6-5-9-16-13(11)12/h5-6,9-10,12H,4,7-8,15H2,1-3H3. The lowest BCUT2D eigenvalue weighted by Crippen LogP contribution is -2.49. The van der Waals surface area contributed by atoms with E-state index in [1.807, 2.05) is 12.3 Å². The number of nitrogens with two attached hydrogens (primary N) is 1. The second-order valence-corrected chi connectivity index (χ2v) is 5.26. The third-order valence-corrected chi connectivity index (χ3v) is 4.29. The minimum absolute atomic E-state index is 0.0976. The van der Waals surface area contributed by atoms with Crippen LogP contribution in [-0.4, -0.2) is 10.5 Å². The van der Waals surface area contributed by atoms with Gasteiger partial charge in [0.1, 0.15) is 0 Å². The SMILES string of the molecule is CCC(N)(C(C)C)C1CCc2cccnc21. The van der Waals surface area contributed by atoms with Crippen LogP contribution in [0.5, 0.6) is 0 Å². The number of aromatic nitrogens is 1. The molecule has 0 bridgehead atoms. The molecular weight excluding hydrogens is 196 g/mol. The Hall–Kier alpha value is -0.890. The van der Waals surface area contributed by atoms with Crippen LogP contribution in [0, 0.1) is 5.92 Å². The van der Waals surface area contributed by atoms with Gasteiger partial charge in [0, 0.05) is 23.3 Å². The van der Waals surface area contributed by atoms with Crippen LogP contribution >= 0.6 is 0 Å². The molecule has 1 aromatic rings. The van der Waals surface area contributed by atoms with E-state index in [9.17, 15) is 0 Å². The number of hydrogen-bond acceptors (Lipinski definition) is 2. The van der Waals surface area contributed by atoms with Gasteiger partial charge in [-0.25, -0.2) is 0 Å². The molecule has 0 amide bonds. The van der Waals surface area contributed by atoms with Gasteiger partial charge >= 0.3 is 0 Å². The number of nitrogens with zero attached hydrogens (tertiary/aromatic N) is 1. The molecule has 2 atom stereocenters. The predicted octanol–water partition coefficient (Wildman–Crippen LogP) is 2.87. The molecule has 1 aliphatic carbocycles. The third kappa shape index (κ3) is 1.65. The quantitative estimate of drug-likeness (QED) is 0.847. The van der Waals surface area contributed by atoms with Gasteiger partial charge in [-0.3, -0.25) is 4.98 Å².